The third-order valence-corrected chi connectivity index (χ3v) is 1.54. The van der Waals surface area contributed by atoms with Crippen molar-refractivity contribution in [1.82, 2.24) is 0 Å². The van der Waals surface area contributed by atoms with Gasteiger partial charge in [-0.15, -0.1) is 0 Å². The summed E-state index contributed by atoms with van der Waals surface area (Å²) in [7, 11) is 0. The van der Waals surface area contributed by atoms with Crippen LogP contribution < -0.4 is 0 Å². The lowest BCUT2D eigenvalue weighted by Crippen LogP contribution is -2.08. The van der Waals surface area contributed by atoms with E-state index in [1.807, 2.05) is 24.3 Å². The predicted octanol–water partition coefficient (Wildman–Crippen LogP) is 1.08. The lowest BCUT2D eigenvalue weighted by molar-refractivity contribution is 0.206. The van der Waals surface area contributed by atoms with Gasteiger partial charge < -0.3 is 5.11 Å². The molecule has 3 rings (SSSR count). The summed E-state index contributed by atoms with van der Waals surface area (Å²) in [5.74, 6) is 0. The minimum Gasteiger partial charge on any atom is -0.384 e. The summed E-state index contributed by atoms with van der Waals surface area (Å²) in [5.41, 5.74) is 2.09. The van der Waals surface area contributed by atoms with Crippen molar-refractivity contribution in [2.45, 2.75) is 6.10 Å². The van der Waals surface area contributed by atoms with Gasteiger partial charge in [-0.25, -0.2) is 0 Å². The molecule has 1 aromatic carbocycles. The summed E-state index contributed by atoms with van der Waals surface area (Å²) in [4.78, 5) is 0. The van der Waals surface area contributed by atoms with Gasteiger partial charge in [0.2, 0.25) is 0 Å². The molecule has 0 fully saturated rings. The maximum Gasteiger partial charge on any atom is 0.104 e. The number of benzene rings is 1. The minimum atomic E-state index is -0.264. The molecule has 0 radical (unpaired) electrons. The van der Waals surface area contributed by atoms with E-state index in [1.54, 1.807) is 0 Å². The zero-order valence-electron chi connectivity index (χ0n) is 4.33. The van der Waals surface area contributed by atoms with E-state index in [9.17, 15) is 0 Å². The average Bonchev–Trinajstić information content (AvgIpc) is 1.89. The number of aliphatic hydroxyl groups excluding tert-OH is 1. The molecule has 2 aliphatic carbocycles. The predicted molar refractivity (Wildman–Crippen MR) is 30.5 cm³/mol. The van der Waals surface area contributed by atoms with Gasteiger partial charge >= 0.3 is 0 Å². The smallest absolute Gasteiger partial charge is 0.104 e. The Morgan fingerprint density at radius 1 is 1.25 bits per heavy atom. The summed E-state index contributed by atoms with van der Waals surface area (Å²) in [6, 6.07) is 7.80. The molecule has 0 atom stereocenters. The molecule has 2 bridgehead atoms. The molecule has 8 heavy (non-hydrogen) atoms. The highest BCUT2D eigenvalue weighted by Gasteiger charge is 2.18. The van der Waals surface area contributed by atoms with E-state index in [1.165, 1.54) is 0 Å². The van der Waals surface area contributed by atoms with Gasteiger partial charge in [0.15, 0.2) is 0 Å². The molecule has 1 N–H and O–H groups in total. The van der Waals surface area contributed by atoms with Crippen molar-refractivity contribution >= 4 is 0 Å². The van der Waals surface area contributed by atoms with Crippen molar-refractivity contribution < 1.29 is 5.11 Å². The molecular formula is C7H6O. The van der Waals surface area contributed by atoms with E-state index in [4.69, 9.17) is 5.11 Å². The first kappa shape index (κ1) is 4.10. The summed E-state index contributed by atoms with van der Waals surface area (Å²) in [5, 5.41) is 9.04. The van der Waals surface area contributed by atoms with E-state index in [2.05, 4.69) is 0 Å². The highest BCUT2D eigenvalue weighted by atomic mass is 16.3. The molecule has 1 nitrogen and oxygen atoms in total. The first-order valence-corrected chi connectivity index (χ1v) is 2.66. The second-order valence-corrected chi connectivity index (χ2v) is 2.07. The molecule has 0 saturated heterocycles. The normalized spacial score (nSPS) is 15.6. The van der Waals surface area contributed by atoms with Gasteiger partial charge in [-0.2, -0.15) is 0 Å². The van der Waals surface area contributed by atoms with Crippen molar-refractivity contribution in [3.05, 3.63) is 35.4 Å². The first-order chi connectivity index (χ1) is 3.88. The van der Waals surface area contributed by atoms with Crippen LogP contribution >= 0.6 is 0 Å². The lowest BCUT2D eigenvalue weighted by Gasteiger charge is -2.20. The Labute approximate surface area is 47.6 Å². The fourth-order valence-electron chi connectivity index (χ4n) is 0.995. The average molecular weight is 106 g/mol. The summed E-state index contributed by atoms with van der Waals surface area (Å²) in [6.45, 7) is 0. The van der Waals surface area contributed by atoms with Crippen LogP contribution in [0.1, 0.15) is 17.2 Å². The Bertz CT molecular complexity index is 191. The van der Waals surface area contributed by atoms with Crippen molar-refractivity contribution in [3.63, 3.8) is 0 Å². The molecule has 2 aliphatic rings. The van der Waals surface area contributed by atoms with Crippen molar-refractivity contribution in [3.8, 4) is 0 Å². The number of fused-ring (bicyclic) bond motifs is 2. The zero-order chi connectivity index (χ0) is 5.56. The van der Waals surface area contributed by atoms with Gasteiger partial charge in [-0.05, 0) is 17.2 Å². The topological polar surface area (TPSA) is 20.2 Å². The number of hydrogen-bond donors (Lipinski definition) is 1. The van der Waals surface area contributed by atoms with Gasteiger partial charge in [0.25, 0.3) is 0 Å². The minimum absolute atomic E-state index is 0.264. The van der Waals surface area contributed by atoms with Gasteiger partial charge in [0, 0.05) is 0 Å². The monoisotopic (exact) mass is 106 g/mol. The van der Waals surface area contributed by atoms with E-state index >= 15 is 0 Å². The second kappa shape index (κ2) is 1.12. The summed E-state index contributed by atoms with van der Waals surface area (Å²) in [6.07, 6.45) is -0.264. The van der Waals surface area contributed by atoms with E-state index in [0.29, 0.717) is 0 Å². The fraction of sp³-hybridized carbons (Fsp3) is 0.143. The van der Waals surface area contributed by atoms with Crippen LogP contribution in [0.5, 0.6) is 0 Å². The van der Waals surface area contributed by atoms with Crippen LogP contribution in [-0.4, -0.2) is 5.11 Å². The number of aliphatic hydroxyl groups is 1. The Morgan fingerprint density at radius 2 is 1.88 bits per heavy atom. The maximum absolute atomic E-state index is 9.04. The third-order valence-electron chi connectivity index (χ3n) is 1.54. The molecule has 0 unspecified atom stereocenters. The summed E-state index contributed by atoms with van der Waals surface area (Å²) >= 11 is 0. The van der Waals surface area contributed by atoms with Crippen LogP contribution in [0.25, 0.3) is 0 Å². The van der Waals surface area contributed by atoms with Gasteiger partial charge in [-0.3, -0.25) is 0 Å². The fourth-order valence-corrected chi connectivity index (χ4v) is 0.995. The SMILES string of the molecule is OC1c2cccc1c2. The molecule has 0 saturated carbocycles. The molecule has 1 aromatic rings. The first-order valence-electron chi connectivity index (χ1n) is 2.66. The molecule has 0 aliphatic heterocycles. The lowest BCUT2D eigenvalue weighted by atomic mass is 9.90. The van der Waals surface area contributed by atoms with Crippen molar-refractivity contribution in [2.75, 3.05) is 0 Å². The van der Waals surface area contributed by atoms with Crippen LogP contribution in [0.2, 0.25) is 0 Å². The Kier molecular flexibility index (Phi) is 0.573. The van der Waals surface area contributed by atoms with Crippen LogP contribution in [0.4, 0.5) is 0 Å². The van der Waals surface area contributed by atoms with Crippen molar-refractivity contribution in [2.24, 2.45) is 0 Å². The quantitative estimate of drug-likeness (QED) is 0.524. The highest BCUT2D eigenvalue weighted by Crippen LogP contribution is 2.31. The number of hydrogen-bond acceptors (Lipinski definition) is 1. The van der Waals surface area contributed by atoms with E-state index < -0.39 is 0 Å². The summed E-state index contributed by atoms with van der Waals surface area (Å²) < 4.78 is 0. The van der Waals surface area contributed by atoms with Crippen LogP contribution in [-0.2, 0) is 0 Å². The molecule has 0 amide bonds. The Hall–Kier alpha value is -0.820. The molecule has 0 aromatic heterocycles. The molecule has 1 heteroatoms. The zero-order valence-corrected chi connectivity index (χ0v) is 4.33. The van der Waals surface area contributed by atoms with Crippen LogP contribution in [0, 0.1) is 0 Å². The standard InChI is InChI=1S/C7H6O/c8-7-5-2-1-3-6(7)4-5/h1-4,7-8H. The van der Waals surface area contributed by atoms with Gasteiger partial charge in [0.1, 0.15) is 6.10 Å². The van der Waals surface area contributed by atoms with Gasteiger partial charge in [0.05, 0.1) is 0 Å². The Balaban J connectivity index is 2.64. The molecular weight excluding hydrogens is 100 g/mol. The third kappa shape index (κ3) is 0.307. The van der Waals surface area contributed by atoms with Crippen molar-refractivity contribution in [1.29, 1.82) is 0 Å². The number of rotatable bonds is 0. The Morgan fingerprint density at radius 3 is 2.12 bits per heavy atom. The second-order valence-electron chi connectivity index (χ2n) is 2.07. The van der Waals surface area contributed by atoms with Crippen LogP contribution in [0.15, 0.2) is 24.3 Å². The van der Waals surface area contributed by atoms with E-state index in [0.717, 1.165) is 11.1 Å². The molecule has 40 valence electrons. The molecule has 0 heterocycles. The molecule has 0 spiro atoms. The maximum atomic E-state index is 9.04. The van der Waals surface area contributed by atoms with E-state index in [-0.39, 0.29) is 6.10 Å². The van der Waals surface area contributed by atoms with Gasteiger partial charge in [-0.1, -0.05) is 18.2 Å². The largest absolute Gasteiger partial charge is 0.384 e. The van der Waals surface area contributed by atoms with Crippen LogP contribution in [0.3, 0.4) is 0 Å². The highest BCUT2D eigenvalue weighted by molar-refractivity contribution is 5.41.